The predicted octanol–water partition coefficient (Wildman–Crippen LogP) is 2.22. The second-order valence-corrected chi connectivity index (χ2v) is 6.91. The molecule has 0 aromatic heterocycles. The van der Waals surface area contributed by atoms with Crippen LogP contribution in [0.5, 0.6) is 0 Å². The Bertz CT molecular complexity index is 614. The molecular weight excluding hydrogens is 344 g/mol. The molecule has 25 heavy (non-hydrogen) atoms. The van der Waals surface area contributed by atoms with E-state index in [0.717, 1.165) is 44.8 Å². The van der Waals surface area contributed by atoms with Crippen LogP contribution in [0.1, 0.15) is 12.5 Å². The fourth-order valence-electron chi connectivity index (χ4n) is 3.42. The van der Waals surface area contributed by atoms with Crippen molar-refractivity contribution < 1.29 is 9.66 Å². The number of nitrogens with zero attached hydrogens (tertiary/aromatic N) is 4. The molecule has 2 aliphatic rings. The van der Waals surface area contributed by atoms with E-state index in [2.05, 4.69) is 16.7 Å². The van der Waals surface area contributed by atoms with Crippen LogP contribution >= 0.6 is 11.6 Å². The van der Waals surface area contributed by atoms with Crippen LogP contribution < -0.4 is 4.90 Å². The minimum atomic E-state index is -0.347. The molecule has 8 heteroatoms. The number of nitro benzene ring substituents is 1. The normalized spacial score (nSPS) is 20.0. The summed E-state index contributed by atoms with van der Waals surface area (Å²) in [6, 6.07) is 3.40. The molecule has 0 amide bonds. The van der Waals surface area contributed by atoms with Crippen LogP contribution in [-0.2, 0) is 11.3 Å². The molecule has 0 atom stereocenters. The first-order valence-corrected chi connectivity index (χ1v) is 9.20. The van der Waals surface area contributed by atoms with Gasteiger partial charge in [0.1, 0.15) is 5.69 Å². The van der Waals surface area contributed by atoms with Gasteiger partial charge in [-0.2, -0.15) is 0 Å². The standard InChI is InChI=1S/C17H25ClN4O3/c1-2-19-3-5-20(6-4-19)13-14-11-16(21-7-9-25-10-8-21)17(22(23)24)12-15(14)18/h11-12H,2-10,13H2,1H3. The van der Waals surface area contributed by atoms with Crippen LogP contribution in [0.15, 0.2) is 12.1 Å². The average molecular weight is 369 g/mol. The van der Waals surface area contributed by atoms with Gasteiger partial charge in [0, 0.05) is 51.9 Å². The van der Waals surface area contributed by atoms with E-state index in [-0.39, 0.29) is 10.6 Å². The third-order valence-corrected chi connectivity index (χ3v) is 5.35. The van der Waals surface area contributed by atoms with Gasteiger partial charge < -0.3 is 14.5 Å². The molecule has 0 saturated carbocycles. The van der Waals surface area contributed by atoms with Crippen LogP contribution in [0.25, 0.3) is 0 Å². The van der Waals surface area contributed by atoms with Crippen LogP contribution in [0.3, 0.4) is 0 Å². The predicted molar refractivity (Wildman–Crippen MR) is 98.5 cm³/mol. The van der Waals surface area contributed by atoms with Gasteiger partial charge in [-0.25, -0.2) is 0 Å². The Hall–Kier alpha value is -1.41. The van der Waals surface area contributed by atoms with Crippen molar-refractivity contribution in [3.05, 3.63) is 32.8 Å². The summed E-state index contributed by atoms with van der Waals surface area (Å²) in [5, 5.41) is 11.9. The van der Waals surface area contributed by atoms with Gasteiger partial charge in [-0.1, -0.05) is 18.5 Å². The van der Waals surface area contributed by atoms with E-state index in [1.54, 1.807) is 0 Å². The second-order valence-electron chi connectivity index (χ2n) is 6.50. The summed E-state index contributed by atoms with van der Waals surface area (Å²) in [6.07, 6.45) is 0. The SMILES string of the molecule is CCN1CCN(Cc2cc(N3CCOCC3)c([N+](=O)[O-])cc2Cl)CC1. The second kappa shape index (κ2) is 8.31. The summed E-state index contributed by atoms with van der Waals surface area (Å²) in [5.41, 5.74) is 1.69. The number of piperazine rings is 1. The van der Waals surface area contributed by atoms with Gasteiger partial charge in [-0.3, -0.25) is 15.0 Å². The number of likely N-dealkylation sites (N-methyl/N-ethyl adjacent to an activating group) is 1. The lowest BCUT2D eigenvalue weighted by Crippen LogP contribution is -2.45. The third-order valence-electron chi connectivity index (χ3n) is 5.00. The fourth-order valence-corrected chi connectivity index (χ4v) is 3.64. The van der Waals surface area contributed by atoms with Gasteiger partial charge in [-0.05, 0) is 18.2 Å². The van der Waals surface area contributed by atoms with Crippen molar-refractivity contribution in [3.63, 3.8) is 0 Å². The minimum absolute atomic E-state index is 0.0754. The van der Waals surface area contributed by atoms with Crippen LogP contribution in [0, 0.1) is 10.1 Å². The van der Waals surface area contributed by atoms with Crippen molar-refractivity contribution in [1.29, 1.82) is 0 Å². The Labute approximate surface area is 153 Å². The number of halogens is 1. The molecule has 0 N–H and O–H groups in total. The Kier molecular flexibility index (Phi) is 6.11. The number of morpholine rings is 1. The Morgan fingerprint density at radius 2 is 1.76 bits per heavy atom. The number of nitro groups is 1. The molecule has 0 aliphatic carbocycles. The van der Waals surface area contributed by atoms with Crippen molar-refractivity contribution in [2.45, 2.75) is 13.5 Å². The number of rotatable bonds is 5. The van der Waals surface area contributed by atoms with Gasteiger partial charge >= 0.3 is 0 Å². The smallest absolute Gasteiger partial charge is 0.294 e. The Morgan fingerprint density at radius 1 is 1.12 bits per heavy atom. The van der Waals surface area contributed by atoms with Gasteiger partial charge in [0.05, 0.1) is 23.2 Å². The van der Waals surface area contributed by atoms with Crippen LogP contribution in [0.4, 0.5) is 11.4 Å². The topological polar surface area (TPSA) is 62.1 Å². The minimum Gasteiger partial charge on any atom is -0.378 e. The first kappa shape index (κ1) is 18.4. The van der Waals surface area contributed by atoms with Crippen molar-refractivity contribution in [2.24, 2.45) is 0 Å². The van der Waals surface area contributed by atoms with Crippen LogP contribution in [0.2, 0.25) is 5.02 Å². The zero-order valence-corrected chi connectivity index (χ0v) is 15.4. The maximum absolute atomic E-state index is 11.5. The van der Waals surface area contributed by atoms with E-state index < -0.39 is 0 Å². The Balaban J connectivity index is 1.80. The van der Waals surface area contributed by atoms with E-state index >= 15 is 0 Å². The summed E-state index contributed by atoms with van der Waals surface area (Å²) in [7, 11) is 0. The summed E-state index contributed by atoms with van der Waals surface area (Å²) in [4.78, 5) is 17.9. The van der Waals surface area contributed by atoms with Crippen molar-refractivity contribution in [1.82, 2.24) is 9.80 Å². The number of benzene rings is 1. The van der Waals surface area contributed by atoms with E-state index in [1.165, 1.54) is 6.07 Å². The summed E-state index contributed by atoms with van der Waals surface area (Å²) < 4.78 is 5.37. The fraction of sp³-hybridized carbons (Fsp3) is 0.647. The largest absolute Gasteiger partial charge is 0.378 e. The highest BCUT2D eigenvalue weighted by molar-refractivity contribution is 6.31. The molecule has 2 fully saturated rings. The Morgan fingerprint density at radius 3 is 2.36 bits per heavy atom. The van der Waals surface area contributed by atoms with Gasteiger partial charge in [-0.15, -0.1) is 0 Å². The number of hydrogen-bond acceptors (Lipinski definition) is 6. The van der Waals surface area contributed by atoms with Crippen LogP contribution in [-0.4, -0.2) is 73.8 Å². The van der Waals surface area contributed by atoms with Gasteiger partial charge in [0.15, 0.2) is 0 Å². The average Bonchev–Trinajstić information content (AvgIpc) is 2.64. The van der Waals surface area contributed by atoms with Gasteiger partial charge in [0.25, 0.3) is 5.69 Å². The molecule has 2 saturated heterocycles. The lowest BCUT2D eigenvalue weighted by molar-refractivity contribution is -0.384. The lowest BCUT2D eigenvalue weighted by Gasteiger charge is -2.34. The summed E-state index contributed by atoms with van der Waals surface area (Å²) in [5.74, 6) is 0. The first-order valence-electron chi connectivity index (χ1n) is 8.82. The molecule has 2 aliphatic heterocycles. The first-order chi connectivity index (χ1) is 12.1. The van der Waals surface area contributed by atoms with Crippen molar-refractivity contribution >= 4 is 23.0 Å². The zero-order chi connectivity index (χ0) is 17.8. The molecule has 3 rings (SSSR count). The molecule has 0 spiro atoms. The molecule has 0 unspecified atom stereocenters. The van der Waals surface area contributed by atoms with E-state index in [9.17, 15) is 10.1 Å². The zero-order valence-electron chi connectivity index (χ0n) is 14.6. The quantitative estimate of drug-likeness (QED) is 0.586. The van der Waals surface area contributed by atoms with Crippen molar-refractivity contribution in [3.8, 4) is 0 Å². The highest BCUT2D eigenvalue weighted by Gasteiger charge is 2.25. The lowest BCUT2D eigenvalue weighted by atomic mass is 10.1. The molecular formula is C17H25ClN4O3. The van der Waals surface area contributed by atoms with E-state index in [0.29, 0.717) is 37.0 Å². The molecule has 7 nitrogen and oxygen atoms in total. The maximum Gasteiger partial charge on any atom is 0.294 e. The number of anilines is 1. The molecule has 1 aromatic carbocycles. The molecule has 2 heterocycles. The third kappa shape index (κ3) is 4.41. The van der Waals surface area contributed by atoms with E-state index in [1.807, 2.05) is 11.0 Å². The number of hydrogen-bond donors (Lipinski definition) is 0. The summed E-state index contributed by atoms with van der Waals surface area (Å²) in [6.45, 7) is 10.6. The molecule has 138 valence electrons. The molecule has 1 aromatic rings. The highest BCUT2D eigenvalue weighted by Crippen LogP contribution is 2.35. The maximum atomic E-state index is 11.5. The summed E-state index contributed by atoms with van der Waals surface area (Å²) >= 11 is 6.37. The van der Waals surface area contributed by atoms with Crippen molar-refractivity contribution in [2.75, 3.05) is 63.9 Å². The number of ether oxygens (including phenoxy) is 1. The highest BCUT2D eigenvalue weighted by atomic mass is 35.5. The van der Waals surface area contributed by atoms with Gasteiger partial charge in [0.2, 0.25) is 0 Å². The molecule has 0 bridgehead atoms. The molecule has 0 radical (unpaired) electrons. The monoisotopic (exact) mass is 368 g/mol. The van der Waals surface area contributed by atoms with E-state index in [4.69, 9.17) is 16.3 Å².